The first-order valence-electron chi connectivity index (χ1n) is 6.00. The summed E-state index contributed by atoms with van der Waals surface area (Å²) in [5.41, 5.74) is 1.67. The molecule has 18 heavy (non-hydrogen) atoms. The van der Waals surface area contributed by atoms with E-state index in [0.29, 0.717) is 12.2 Å². The van der Waals surface area contributed by atoms with Gasteiger partial charge in [0, 0.05) is 31.8 Å². The molecule has 0 aromatic heterocycles. The molecule has 0 saturated carbocycles. The Kier molecular flexibility index (Phi) is 5.36. The van der Waals surface area contributed by atoms with E-state index >= 15 is 0 Å². The van der Waals surface area contributed by atoms with Crippen LogP contribution in [0.1, 0.15) is 30.1 Å². The van der Waals surface area contributed by atoms with E-state index in [1.165, 1.54) is 0 Å². The molecule has 0 aliphatic rings. The van der Waals surface area contributed by atoms with Crippen LogP contribution in [0, 0.1) is 0 Å². The van der Waals surface area contributed by atoms with Crippen molar-refractivity contribution in [3.63, 3.8) is 0 Å². The van der Waals surface area contributed by atoms with E-state index in [0.717, 1.165) is 5.69 Å². The number of esters is 1. The summed E-state index contributed by atoms with van der Waals surface area (Å²) in [4.78, 5) is 24.9. The Hall–Kier alpha value is -1.84. The van der Waals surface area contributed by atoms with E-state index in [1.807, 2.05) is 31.1 Å². The quantitative estimate of drug-likeness (QED) is 0.573. The Morgan fingerprint density at radius 3 is 2.22 bits per heavy atom. The molecule has 1 rings (SSSR count). The van der Waals surface area contributed by atoms with Crippen LogP contribution in [0.3, 0.4) is 0 Å². The predicted octanol–water partition coefficient (Wildman–Crippen LogP) is 2.28. The molecule has 0 spiro atoms. The summed E-state index contributed by atoms with van der Waals surface area (Å²) < 4.78 is 4.78. The average Bonchev–Trinajstić information content (AvgIpc) is 2.36. The van der Waals surface area contributed by atoms with Crippen molar-refractivity contribution >= 4 is 17.4 Å². The monoisotopic (exact) mass is 249 g/mol. The van der Waals surface area contributed by atoms with Gasteiger partial charge in [0.25, 0.3) is 0 Å². The normalized spacial score (nSPS) is 9.94. The van der Waals surface area contributed by atoms with Gasteiger partial charge < -0.3 is 9.64 Å². The predicted molar refractivity (Wildman–Crippen MR) is 71.0 cm³/mol. The first kappa shape index (κ1) is 14.2. The third-order valence-electron chi connectivity index (χ3n) is 2.57. The topological polar surface area (TPSA) is 46.6 Å². The van der Waals surface area contributed by atoms with Crippen molar-refractivity contribution in [2.75, 3.05) is 25.6 Å². The lowest BCUT2D eigenvalue weighted by Crippen LogP contribution is -2.10. The van der Waals surface area contributed by atoms with Crippen LogP contribution >= 0.6 is 0 Å². The van der Waals surface area contributed by atoms with Crippen molar-refractivity contribution in [2.45, 2.75) is 19.8 Å². The highest BCUT2D eigenvalue weighted by Crippen LogP contribution is 2.14. The van der Waals surface area contributed by atoms with Gasteiger partial charge in [-0.2, -0.15) is 0 Å². The van der Waals surface area contributed by atoms with Gasteiger partial charge >= 0.3 is 5.97 Å². The van der Waals surface area contributed by atoms with Crippen molar-refractivity contribution in [1.29, 1.82) is 0 Å². The first-order chi connectivity index (χ1) is 8.54. The zero-order chi connectivity index (χ0) is 13.5. The minimum atomic E-state index is -0.323. The number of ketones is 1. The van der Waals surface area contributed by atoms with Gasteiger partial charge in [-0.3, -0.25) is 9.59 Å². The van der Waals surface area contributed by atoms with Crippen LogP contribution in [0.25, 0.3) is 0 Å². The Morgan fingerprint density at radius 1 is 1.11 bits per heavy atom. The summed E-state index contributed by atoms with van der Waals surface area (Å²) in [7, 11) is 3.88. The molecular formula is C14H19NO3. The number of nitrogens with zero attached hydrogens (tertiary/aromatic N) is 1. The number of hydrogen-bond donors (Lipinski definition) is 0. The SMILES string of the molecule is CCOC(=O)CCC(=O)c1ccc(N(C)C)cc1. The Bertz CT molecular complexity index is 410. The lowest BCUT2D eigenvalue weighted by molar-refractivity contribution is -0.143. The maximum absolute atomic E-state index is 11.8. The third-order valence-corrected chi connectivity index (χ3v) is 2.57. The molecule has 98 valence electrons. The lowest BCUT2D eigenvalue weighted by Gasteiger charge is -2.12. The first-order valence-corrected chi connectivity index (χ1v) is 6.00. The van der Waals surface area contributed by atoms with Crippen molar-refractivity contribution in [2.24, 2.45) is 0 Å². The second kappa shape index (κ2) is 6.79. The molecule has 4 nitrogen and oxygen atoms in total. The maximum Gasteiger partial charge on any atom is 0.306 e. The second-order valence-electron chi connectivity index (χ2n) is 4.17. The standard InChI is InChI=1S/C14H19NO3/c1-4-18-14(17)10-9-13(16)11-5-7-12(8-6-11)15(2)3/h5-8H,4,9-10H2,1-3H3. The van der Waals surface area contributed by atoms with E-state index in [9.17, 15) is 9.59 Å². The van der Waals surface area contributed by atoms with Gasteiger partial charge in [-0.05, 0) is 31.2 Å². The van der Waals surface area contributed by atoms with E-state index in [4.69, 9.17) is 4.74 Å². The van der Waals surface area contributed by atoms with Gasteiger partial charge in [0.1, 0.15) is 0 Å². The summed E-state index contributed by atoms with van der Waals surface area (Å²) in [6.07, 6.45) is 0.336. The van der Waals surface area contributed by atoms with Crippen LogP contribution in [0.15, 0.2) is 24.3 Å². The highest BCUT2D eigenvalue weighted by molar-refractivity contribution is 5.97. The molecule has 4 heteroatoms. The number of ether oxygens (including phenoxy) is 1. The number of rotatable bonds is 6. The van der Waals surface area contributed by atoms with Crippen molar-refractivity contribution < 1.29 is 14.3 Å². The van der Waals surface area contributed by atoms with E-state index in [-0.39, 0.29) is 24.6 Å². The third kappa shape index (κ3) is 4.20. The van der Waals surface area contributed by atoms with Crippen LogP contribution < -0.4 is 4.90 Å². The maximum atomic E-state index is 11.8. The molecular weight excluding hydrogens is 230 g/mol. The Balaban J connectivity index is 2.54. The molecule has 0 unspecified atom stereocenters. The van der Waals surface area contributed by atoms with Gasteiger partial charge in [-0.25, -0.2) is 0 Å². The zero-order valence-corrected chi connectivity index (χ0v) is 11.1. The summed E-state index contributed by atoms with van der Waals surface area (Å²) in [5, 5.41) is 0. The van der Waals surface area contributed by atoms with Gasteiger partial charge in [0.2, 0.25) is 0 Å². The molecule has 1 aromatic rings. The van der Waals surface area contributed by atoms with Crippen molar-refractivity contribution in [3.05, 3.63) is 29.8 Å². The minimum Gasteiger partial charge on any atom is -0.466 e. The molecule has 0 bridgehead atoms. The van der Waals surface area contributed by atoms with E-state index in [1.54, 1.807) is 19.1 Å². The Morgan fingerprint density at radius 2 is 1.72 bits per heavy atom. The summed E-state index contributed by atoms with van der Waals surface area (Å²) in [6, 6.07) is 7.33. The molecule has 0 amide bonds. The number of benzene rings is 1. The smallest absolute Gasteiger partial charge is 0.306 e. The van der Waals surface area contributed by atoms with E-state index in [2.05, 4.69) is 0 Å². The van der Waals surface area contributed by atoms with Gasteiger partial charge in [0.15, 0.2) is 5.78 Å². The molecule has 0 aliphatic carbocycles. The summed E-state index contributed by atoms with van der Waals surface area (Å²) in [6.45, 7) is 2.10. The summed E-state index contributed by atoms with van der Waals surface area (Å²) >= 11 is 0. The molecule has 0 aliphatic heterocycles. The average molecular weight is 249 g/mol. The van der Waals surface area contributed by atoms with Crippen LogP contribution in [-0.2, 0) is 9.53 Å². The molecule has 1 aromatic carbocycles. The second-order valence-corrected chi connectivity index (χ2v) is 4.17. The van der Waals surface area contributed by atoms with Crippen LogP contribution in [0.4, 0.5) is 5.69 Å². The number of anilines is 1. The lowest BCUT2D eigenvalue weighted by atomic mass is 10.1. The van der Waals surface area contributed by atoms with Crippen molar-refractivity contribution in [3.8, 4) is 0 Å². The van der Waals surface area contributed by atoms with Crippen LogP contribution in [-0.4, -0.2) is 32.5 Å². The van der Waals surface area contributed by atoms with Gasteiger partial charge in [-0.15, -0.1) is 0 Å². The fourth-order valence-corrected chi connectivity index (χ4v) is 1.54. The molecule has 0 radical (unpaired) electrons. The van der Waals surface area contributed by atoms with Crippen LogP contribution in [0.2, 0.25) is 0 Å². The number of Topliss-reactive ketones (excluding diaryl/α,β-unsaturated/α-hetero) is 1. The number of carbonyl (C=O) groups excluding carboxylic acids is 2. The van der Waals surface area contributed by atoms with Crippen LogP contribution in [0.5, 0.6) is 0 Å². The largest absolute Gasteiger partial charge is 0.466 e. The highest BCUT2D eigenvalue weighted by Gasteiger charge is 2.09. The molecule has 0 fully saturated rings. The highest BCUT2D eigenvalue weighted by atomic mass is 16.5. The van der Waals surface area contributed by atoms with Crippen molar-refractivity contribution in [1.82, 2.24) is 0 Å². The van der Waals surface area contributed by atoms with E-state index < -0.39 is 0 Å². The number of hydrogen-bond acceptors (Lipinski definition) is 4. The minimum absolute atomic E-state index is 0.0339. The van der Waals surface area contributed by atoms with Gasteiger partial charge in [-0.1, -0.05) is 0 Å². The molecule has 0 N–H and O–H groups in total. The molecule has 0 atom stereocenters. The molecule has 0 saturated heterocycles. The fourth-order valence-electron chi connectivity index (χ4n) is 1.54. The van der Waals surface area contributed by atoms with Gasteiger partial charge in [0.05, 0.1) is 13.0 Å². The zero-order valence-electron chi connectivity index (χ0n) is 11.1. The fraction of sp³-hybridized carbons (Fsp3) is 0.429. The summed E-state index contributed by atoms with van der Waals surface area (Å²) in [5.74, 6) is -0.357. The number of carbonyl (C=O) groups is 2. The molecule has 0 heterocycles. The Labute approximate surface area is 108 Å².